The van der Waals surface area contributed by atoms with Crippen LogP contribution in [0.1, 0.15) is 5.69 Å². The van der Waals surface area contributed by atoms with Gasteiger partial charge in [-0.15, -0.1) is 11.8 Å². The highest BCUT2D eigenvalue weighted by molar-refractivity contribution is 8.01. The van der Waals surface area contributed by atoms with Crippen LogP contribution in [0.4, 0.5) is 0 Å². The van der Waals surface area contributed by atoms with Crippen LogP contribution in [0.2, 0.25) is 0 Å². The van der Waals surface area contributed by atoms with Gasteiger partial charge in [0, 0.05) is 17.5 Å². The molecule has 4 nitrogen and oxygen atoms in total. The number of H-pyrrole nitrogens is 1. The molecule has 0 radical (unpaired) electrons. The van der Waals surface area contributed by atoms with Crippen molar-refractivity contribution in [1.29, 1.82) is 0 Å². The summed E-state index contributed by atoms with van der Waals surface area (Å²) in [5.74, 6) is 0.697. The molecule has 1 aromatic heterocycles. The molecule has 0 atom stereocenters. The molecule has 0 aliphatic heterocycles. The van der Waals surface area contributed by atoms with Crippen LogP contribution in [-0.4, -0.2) is 25.1 Å². The van der Waals surface area contributed by atoms with Crippen molar-refractivity contribution in [2.45, 2.75) is 0 Å². The summed E-state index contributed by atoms with van der Waals surface area (Å²) in [6.45, 7) is 3.52. The SMILES string of the molecule is C=N/C(=C\SC)c1cc(=O)c2ccc(OC)cc2[nH]1. The number of hydrogen-bond donors (Lipinski definition) is 1. The first-order valence-electron chi connectivity index (χ1n) is 5.60. The molecule has 0 fully saturated rings. The Balaban J connectivity index is 2.68. The van der Waals surface area contributed by atoms with E-state index in [-0.39, 0.29) is 5.43 Å². The van der Waals surface area contributed by atoms with Crippen LogP contribution < -0.4 is 10.2 Å². The number of hydrogen-bond acceptors (Lipinski definition) is 4. The molecule has 1 aromatic carbocycles. The Kier molecular flexibility index (Phi) is 4.06. The second-order valence-corrected chi connectivity index (χ2v) is 4.56. The quantitative estimate of drug-likeness (QED) is 0.872. The number of thioether (sulfide) groups is 1. The largest absolute Gasteiger partial charge is 0.497 e. The van der Waals surface area contributed by atoms with Crippen LogP contribution in [0.3, 0.4) is 0 Å². The molecule has 0 amide bonds. The predicted molar refractivity (Wildman–Crippen MR) is 82.2 cm³/mol. The third kappa shape index (κ3) is 2.71. The van der Waals surface area contributed by atoms with E-state index in [1.807, 2.05) is 11.7 Å². The maximum absolute atomic E-state index is 12.1. The van der Waals surface area contributed by atoms with Gasteiger partial charge in [-0.05, 0) is 30.5 Å². The molecule has 0 saturated carbocycles. The van der Waals surface area contributed by atoms with Crippen LogP contribution in [0.25, 0.3) is 16.6 Å². The molecular formula is C14H14N2O2S. The van der Waals surface area contributed by atoms with Crippen LogP contribution in [0.5, 0.6) is 5.75 Å². The maximum Gasteiger partial charge on any atom is 0.190 e. The topological polar surface area (TPSA) is 54.4 Å². The van der Waals surface area contributed by atoms with Gasteiger partial charge in [0.25, 0.3) is 0 Å². The third-order valence-electron chi connectivity index (χ3n) is 2.71. The van der Waals surface area contributed by atoms with E-state index in [0.717, 1.165) is 5.52 Å². The minimum Gasteiger partial charge on any atom is -0.497 e. The van der Waals surface area contributed by atoms with Gasteiger partial charge in [0.2, 0.25) is 0 Å². The lowest BCUT2D eigenvalue weighted by Gasteiger charge is -2.06. The van der Waals surface area contributed by atoms with Crippen molar-refractivity contribution in [3.05, 3.63) is 45.6 Å². The number of aromatic amines is 1. The number of nitrogens with zero attached hydrogens (tertiary/aromatic N) is 1. The van der Waals surface area contributed by atoms with Gasteiger partial charge in [-0.1, -0.05) is 0 Å². The van der Waals surface area contributed by atoms with E-state index >= 15 is 0 Å². The van der Waals surface area contributed by atoms with Crippen molar-refractivity contribution in [3.63, 3.8) is 0 Å². The molecular weight excluding hydrogens is 260 g/mol. The summed E-state index contributed by atoms with van der Waals surface area (Å²) in [4.78, 5) is 19.2. The molecule has 98 valence electrons. The minimum atomic E-state index is -0.0537. The maximum atomic E-state index is 12.1. The zero-order chi connectivity index (χ0) is 13.8. The number of ether oxygens (including phenoxy) is 1. The fourth-order valence-electron chi connectivity index (χ4n) is 1.79. The molecule has 0 spiro atoms. The zero-order valence-electron chi connectivity index (χ0n) is 10.8. The van der Waals surface area contributed by atoms with Gasteiger partial charge in [-0.3, -0.25) is 9.79 Å². The summed E-state index contributed by atoms with van der Waals surface area (Å²) in [6, 6.07) is 6.84. The molecule has 2 aromatic rings. The standard InChI is InChI=1S/C14H14N2O2S/c1-15-13(8-19-3)12-7-14(17)10-5-4-9(18-2)6-11(10)16-12/h4-8H,1H2,2-3H3,(H,16,17)/b13-8-. The highest BCUT2D eigenvalue weighted by Gasteiger charge is 2.06. The Hall–Kier alpha value is -2.01. The number of aromatic nitrogens is 1. The Morgan fingerprint density at radius 2 is 2.26 bits per heavy atom. The van der Waals surface area contributed by atoms with E-state index in [4.69, 9.17) is 4.74 Å². The van der Waals surface area contributed by atoms with E-state index in [2.05, 4.69) is 16.7 Å². The number of benzene rings is 1. The second-order valence-electron chi connectivity index (χ2n) is 3.86. The van der Waals surface area contributed by atoms with Gasteiger partial charge < -0.3 is 9.72 Å². The first-order chi connectivity index (χ1) is 9.19. The Bertz CT molecular complexity index is 704. The lowest BCUT2D eigenvalue weighted by molar-refractivity contribution is 0.415. The highest BCUT2D eigenvalue weighted by atomic mass is 32.2. The lowest BCUT2D eigenvalue weighted by Crippen LogP contribution is -2.04. The number of pyridine rings is 1. The summed E-state index contributed by atoms with van der Waals surface area (Å²) < 4.78 is 5.16. The molecule has 2 rings (SSSR count). The van der Waals surface area contributed by atoms with E-state index < -0.39 is 0 Å². The van der Waals surface area contributed by atoms with Crippen LogP contribution in [0.15, 0.2) is 39.5 Å². The van der Waals surface area contributed by atoms with Crippen molar-refractivity contribution >= 4 is 35.1 Å². The summed E-state index contributed by atoms with van der Waals surface area (Å²) >= 11 is 1.51. The highest BCUT2D eigenvalue weighted by Crippen LogP contribution is 2.21. The van der Waals surface area contributed by atoms with Gasteiger partial charge in [-0.2, -0.15) is 0 Å². The number of fused-ring (bicyclic) bond motifs is 1. The van der Waals surface area contributed by atoms with Crippen molar-refractivity contribution in [1.82, 2.24) is 4.98 Å². The average molecular weight is 274 g/mol. The van der Waals surface area contributed by atoms with Crippen molar-refractivity contribution in [3.8, 4) is 5.75 Å². The summed E-state index contributed by atoms with van der Waals surface area (Å²) in [6.07, 6.45) is 1.92. The monoisotopic (exact) mass is 274 g/mol. The molecule has 0 saturated heterocycles. The summed E-state index contributed by atoms with van der Waals surface area (Å²) in [5.41, 5.74) is 1.96. The van der Waals surface area contributed by atoms with E-state index in [9.17, 15) is 4.79 Å². The molecule has 0 aliphatic rings. The van der Waals surface area contributed by atoms with Crippen LogP contribution >= 0.6 is 11.8 Å². The van der Waals surface area contributed by atoms with Crippen LogP contribution in [0, 0.1) is 0 Å². The van der Waals surface area contributed by atoms with Crippen LogP contribution in [-0.2, 0) is 0 Å². The fourth-order valence-corrected chi connectivity index (χ4v) is 2.22. The molecule has 5 heteroatoms. The normalized spacial score (nSPS) is 11.6. The Morgan fingerprint density at radius 1 is 1.47 bits per heavy atom. The lowest BCUT2D eigenvalue weighted by atomic mass is 10.1. The first kappa shape index (κ1) is 13.4. The number of methoxy groups -OCH3 is 1. The van der Waals surface area contributed by atoms with Gasteiger partial charge in [0.1, 0.15) is 5.75 Å². The minimum absolute atomic E-state index is 0.0537. The Labute approximate surface area is 115 Å². The smallest absolute Gasteiger partial charge is 0.190 e. The van der Waals surface area contributed by atoms with Gasteiger partial charge in [0.15, 0.2) is 5.43 Å². The van der Waals surface area contributed by atoms with E-state index in [0.29, 0.717) is 22.5 Å². The average Bonchev–Trinajstić information content (AvgIpc) is 2.43. The van der Waals surface area contributed by atoms with Crippen molar-refractivity contribution in [2.24, 2.45) is 4.99 Å². The first-order valence-corrected chi connectivity index (χ1v) is 6.89. The van der Waals surface area contributed by atoms with E-state index in [1.165, 1.54) is 17.8 Å². The van der Waals surface area contributed by atoms with Gasteiger partial charge >= 0.3 is 0 Å². The Morgan fingerprint density at radius 3 is 2.89 bits per heavy atom. The van der Waals surface area contributed by atoms with Crippen molar-refractivity contribution < 1.29 is 4.74 Å². The van der Waals surface area contributed by atoms with E-state index in [1.54, 1.807) is 25.3 Å². The molecule has 1 heterocycles. The van der Waals surface area contributed by atoms with Gasteiger partial charge in [0.05, 0.1) is 24.0 Å². The third-order valence-corrected chi connectivity index (χ3v) is 3.17. The number of rotatable bonds is 4. The molecule has 1 N–H and O–H groups in total. The summed E-state index contributed by atoms with van der Waals surface area (Å²) in [7, 11) is 1.59. The second kappa shape index (κ2) is 5.75. The van der Waals surface area contributed by atoms with Crippen molar-refractivity contribution in [2.75, 3.05) is 13.4 Å². The molecule has 19 heavy (non-hydrogen) atoms. The predicted octanol–water partition coefficient (Wildman–Crippen LogP) is 2.90. The zero-order valence-corrected chi connectivity index (χ0v) is 11.6. The molecule has 0 aliphatic carbocycles. The number of aliphatic imine (C=N–C) groups is 1. The van der Waals surface area contributed by atoms with Gasteiger partial charge in [-0.25, -0.2) is 0 Å². The molecule has 0 bridgehead atoms. The fraction of sp³-hybridized carbons (Fsp3) is 0.143. The summed E-state index contributed by atoms with van der Waals surface area (Å²) in [5, 5.41) is 2.46. The number of nitrogens with one attached hydrogen (secondary N) is 1. The molecule has 0 unspecified atom stereocenters.